The van der Waals surface area contributed by atoms with E-state index < -0.39 is 12.1 Å². The van der Waals surface area contributed by atoms with E-state index in [-0.39, 0.29) is 29.9 Å². The van der Waals surface area contributed by atoms with Crippen LogP contribution in [0.2, 0.25) is 0 Å². The van der Waals surface area contributed by atoms with Gasteiger partial charge in [0.05, 0.1) is 6.10 Å². The van der Waals surface area contributed by atoms with Crippen molar-refractivity contribution in [3.8, 4) is 0 Å². The lowest BCUT2D eigenvalue weighted by Gasteiger charge is -2.42. The van der Waals surface area contributed by atoms with Gasteiger partial charge in [-0.2, -0.15) is 0 Å². The van der Waals surface area contributed by atoms with Gasteiger partial charge in [-0.15, -0.1) is 0 Å². The molecule has 2 fully saturated rings. The summed E-state index contributed by atoms with van der Waals surface area (Å²) in [4.78, 5) is 36.3. The van der Waals surface area contributed by atoms with Gasteiger partial charge in [0.2, 0.25) is 11.8 Å². The van der Waals surface area contributed by atoms with Crippen molar-refractivity contribution in [2.24, 2.45) is 5.92 Å². The highest BCUT2D eigenvalue weighted by atomic mass is 16.5. The van der Waals surface area contributed by atoms with Crippen LogP contribution in [0.1, 0.15) is 32.6 Å². The summed E-state index contributed by atoms with van der Waals surface area (Å²) >= 11 is 0. The number of hydrogen-bond donors (Lipinski definition) is 3. The molecule has 0 aromatic rings. The quantitative estimate of drug-likeness (QED) is 0.667. The Labute approximate surface area is 135 Å². The fourth-order valence-corrected chi connectivity index (χ4v) is 3.63. The number of hydrogen-bond acceptors (Lipinski definition) is 4. The molecule has 0 aromatic heterocycles. The van der Waals surface area contributed by atoms with Crippen molar-refractivity contribution >= 4 is 17.9 Å². The van der Waals surface area contributed by atoms with E-state index in [1.54, 1.807) is 7.11 Å². The number of carbonyl (C=O) groups is 3. The molecule has 0 aromatic carbocycles. The van der Waals surface area contributed by atoms with E-state index in [2.05, 4.69) is 10.6 Å². The monoisotopic (exact) mass is 327 g/mol. The number of carbonyl (C=O) groups excluding carboxylic acids is 2. The van der Waals surface area contributed by atoms with E-state index in [1.807, 2.05) is 0 Å². The van der Waals surface area contributed by atoms with E-state index in [1.165, 1.54) is 11.8 Å². The second kappa shape index (κ2) is 7.63. The molecule has 1 saturated heterocycles. The molecule has 8 heteroatoms. The molecule has 1 unspecified atom stereocenters. The molecule has 4 atom stereocenters. The van der Waals surface area contributed by atoms with E-state index >= 15 is 0 Å². The maximum Gasteiger partial charge on any atom is 0.408 e. The molecular weight excluding hydrogens is 302 g/mol. The molecule has 3 N–H and O–H groups in total. The maximum atomic E-state index is 11.9. The summed E-state index contributed by atoms with van der Waals surface area (Å²) in [6.07, 6.45) is 1.50. The summed E-state index contributed by atoms with van der Waals surface area (Å²) in [5.74, 6) is -0.453. The van der Waals surface area contributed by atoms with Crippen LogP contribution < -0.4 is 10.6 Å². The van der Waals surface area contributed by atoms with Crippen LogP contribution in [0, 0.1) is 5.92 Å². The average Bonchev–Trinajstić information content (AvgIpc) is 2.92. The Hall–Kier alpha value is -1.83. The number of carboxylic acid groups (broad SMARTS) is 1. The lowest BCUT2D eigenvalue weighted by Crippen LogP contribution is -2.56. The highest BCUT2D eigenvalue weighted by Crippen LogP contribution is 2.32. The third kappa shape index (κ3) is 4.13. The van der Waals surface area contributed by atoms with Crippen LogP contribution in [0.15, 0.2) is 0 Å². The van der Waals surface area contributed by atoms with Crippen LogP contribution in [0.4, 0.5) is 4.79 Å². The highest BCUT2D eigenvalue weighted by Gasteiger charge is 2.43. The van der Waals surface area contributed by atoms with Crippen LogP contribution in [0.3, 0.4) is 0 Å². The molecule has 2 rings (SSSR count). The third-order valence-electron chi connectivity index (χ3n) is 4.77. The Balaban J connectivity index is 2.17. The van der Waals surface area contributed by atoms with Crippen LogP contribution in [-0.4, -0.2) is 66.3 Å². The molecule has 1 saturated carbocycles. The van der Waals surface area contributed by atoms with Gasteiger partial charge in [0.15, 0.2) is 0 Å². The first-order chi connectivity index (χ1) is 10.9. The van der Waals surface area contributed by atoms with Gasteiger partial charge in [0, 0.05) is 33.2 Å². The number of methoxy groups -OCH3 is 1. The van der Waals surface area contributed by atoms with E-state index in [0.29, 0.717) is 32.4 Å². The maximum absolute atomic E-state index is 11.9. The standard InChI is InChI=1S/C15H25N3O5/c1-9(19)17-8-10-7-11(23-2)3-4-12(10)18(15(21)22)13-5-6-16-14(13)20/h10-13H,3-8H2,1-2H3,(H,16,20)(H,17,19)(H,21,22)/t10-,11-,12-,13?/m0/s1. The summed E-state index contributed by atoms with van der Waals surface area (Å²) in [5.41, 5.74) is 0. The second-order valence-electron chi connectivity index (χ2n) is 6.22. The van der Waals surface area contributed by atoms with E-state index in [0.717, 1.165) is 6.42 Å². The minimum absolute atomic E-state index is 0.0538. The number of amides is 3. The van der Waals surface area contributed by atoms with Gasteiger partial charge in [-0.3, -0.25) is 14.5 Å². The molecule has 23 heavy (non-hydrogen) atoms. The molecular formula is C15H25N3O5. The zero-order chi connectivity index (χ0) is 17.0. The van der Waals surface area contributed by atoms with Gasteiger partial charge in [0.25, 0.3) is 0 Å². The van der Waals surface area contributed by atoms with Gasteiger partial charge in [-0.25, -0.2) is 4.79 Å². The van der Waals surface area contributed by atoms with Crippen LogP contribution >= 0.6 is 0 Å². The molecule has 130 valence electrons. The van der Waals surface area contributed by atoms with Gasteiger partial charge in [-0.1, -0.05) is 0 Å². The smallest absolute Gasteiger partial charge is 0.408 e. The van der Waals surface area contributed by atoms with E-state index in [4.69, 9.17) is 4.74 Å². The molecule has 3 amide bonds. The second-order valence-corrected chi connectivity index (χ2v) is 6.22. The molecule has 0 bridgehead atoms. The number of nitrogens with one attached hydrogen (secondary N) is 2. The summed E-state index contributed by atoms with van der Waals surface area (Å²) in [5, 5.41) is 15.1. The van der Waals surface area contributed by atoms with Gasteiger partial charge >= 0.3 is 6.09 Å². The Bertz CT molecular complexity index is 470. The molecule has 8 nitrogen and oxygen atoms in total. The van der Waals surface area contributed by atoms with Crippen molar-refractivity contribution in [1.82, 2.24) is 15.5 Å². The Morgan fingerprint density at radius 3 is 2.65 bits per heavy atom. The molecule has 1 aliphatic heterocycles. The summed E-state index contributed by atoms with van der Waals surface area (Å²) in [6.45, 7) is 2.32. The first-order valence-corrected chi connectivity index (χ1v) is 8.00. The van der Waals surface area contributed by atoms with Crippen molar-refractivity contribution in [3.63, 3.8) is 0 Å². The lowest BCUT2D eigenvalue weighted by atomic mass is 9.81. The first-order valence-electron chi connectivity index (χ1n) is 8.00. The topological polar surface area (TPSA) is 108 Å². The zero-order valence-electron chi connectivity index (χ0n) is 13.6. The Kier molecular flexibility index (Phi) is 5.81. The Morgan fingerprint density at radius 1 is 1.39 bits per heavy atom. The third-order valence-corrected chi connectivity index (χ3v) is 4.77. The number of rotatable bonds is 5. The molecule has 0 radical (unpaired) electrons. The molecule has 0 spiro atoms. The number of nitrogens with zero attached hydrogens (tertiary/aromatic N) is 1. The van der Waals surface area contributed by atoms with Crippen LogP contribution in [0.25, 0.3) is 0 Å². The van der Waals surface area contributed by atoms with Crippen molar-refractivity contribution in [1.29, 1.82) is 0 Å². The minimum Gasteiger partial charge on any atom is -0.465 e. The number of ether oxygens (including phenoxy) is 1. The predicted octanol–water partition coefficient (Wildman–Crippen LogP) is 0.175. The summed E-state index contributed by atoms with van der Waals surface area (Å²) in [7, 11) is 1.64. The van der Waals surface area contributed by atoms with Crippen molar-refractivity contribution in [3.05, 3.63) is 0 Å². The zero-order valence-corrected chi connectivity index (χ0v) is 13.6. The van der Waals surface area contributed by atoms with E-state index in [9.17, 15) is 19.5 Å². The summed E-state index contributed by atoms with van der Waals surface area (Å²) < 4.78 is 5.41. The van der Waals surface area contributed by atoms with Crippen molar-refractivity contribution in [2.75, 3.05) is 20.2 Å². The van der Waals surface area contributed by atoms with Gasteiger partial charge in [0.1, 0.15) is 6.04 Å². The minimum atomic E-state index is -1.08. The normalized spacial score (nSPS) is 30.6. The molecule has 2 aliphatic rings. The summed E-state index contributed by atoms with van der Waals surface area (Å²) in [6, 6.07) is -0.934. The van der Waals surface area contributed by atoms with Gasteiger partial charge in [-0.05, 0) is 31.6 Å². The average molecular weight is 327 g/mol. The first kappa shape index (κ1) is 17.5. The lowest BCUT2D eigenvalue weighted by molar-refractivity contribution is -0.125. The van der Waals surface area contributed by atoms with Gasteiger partial charge < -0.3 is 20.5 Å². The highest BCUT2D eigenvalue weighted by molar-refractivity contribution is 5.87. The van der Waals surface area contributed by atoms with Crippen LogP contribution in [-0.2, 0) is 14.3 Å². The van der Waals surface area contributed by atoms with Crippen molar-refractivity contribution < 1.29 is 24.2 Å². The van der Waals surface area contributed by atoms with Crippen molar-refractivity contribution in [2.45, 2.75) is 50.8 Å². The fraction of sp³-hybridized carbons (Fsp3) is 0.800. The Morgan fingerprint density at radius 2 is 2.13 bits per heavy atom. The fourth-order valence-electron chi connectivity index (χ4n) is 3.63. The largest absolute Gasteiger partial charge is 0.465 e. The SMILES string of the molecule is CO[C@H]1CC[C@H](N(C(=O)O)C2CCNC2=O)[C@H](CNC(C)=O)C1. The van der Waals surface area contributed by atoms with Crippen LogP contribution in [0.5, 0.6) is 0 Å². The predicted molar refractivity (Wildman–Crippen MR) is 81.9 cm³/mol. The molecule has 1 aliphatic carbocycles. The molecule has 1 heterocycles.